The standard InChI is InChI=1S/C21H21F3N2OS/c22-21(23,24)27-18-8-4-2-6-16(18)14-25-19-20(9-11-28-12-10-20)13-15-5-1-3-7-17(15)26-19/h1-8H,9-14H2,(H,25,26). The Morgan fingerprint density at radius 1 is 1.04 bits per heavy atom. The maximum absolute atomic E-state index is 12.7. The molecule has 1 saturated heterocycles. The highest BCUT2D eigenvalue weighted by Gasteiger charge is 2.41. The molecule has 0 unspecified atom stereocenters. The quantitative estimate of drug-likeness (QED) is 0.714. The molecule has 0 radical (unpaired) electrons. The van der Waals surface area contributed by atoms with E-state index in [-0.39, 0.29) is 17.7 Å². The number of hydrogen-bond donors (Lipinski definition) is 1. The van der Waals surface area contributed by atoms with Crippen molar-refractivity contribution < 1.29 is 17.9 Å². The molecule has 7 heteroatoms. The van der Waals surface area contributed by atoms with E-state index in [9.17, 15) is 13.2 Å². The predicted molar refractivity (Wildman–Crippen MR) is 107 cm³/mol. The molecule has 4 rings (SSSR count). The van der Waals surface area contributed by atoms with E-state index in [2.05, 4.69) is 16.1 Å². The summed E-state index contributed by atoms with van der Waals surface area (Å²) in [5.41, 5.74) is 2.66. The first kappa shape index (κ1) is 19.2. The molecular formula is C21H21F3N2OS. The lowest BCUT2D eigenvalue weighted by molar-refractivity contribution is -0.274. The minimum absolute atomic E-state index is 0.0700. The van der Waals surface area contributed by atoms with Gasteiger partial charge in [0.2, 0.25) is 0 Å². The van der Waals surface area contributed by atoms with Gasteiger partial charge in [-0.05, 0) is 48.5 Å². The molecule has 0 aliphatic carbocycles. The molecule has 2 heterocycles. The summed E-state index contributed by atoms with van der Waals surface area (Å²) in [5.74, 6) is 2.82. The summed E-state index contributed by atoms with van der Waals surface area (Å²) in [6, 6.07) is 14.4. The number of nitrogens with zero attached hydrogens (tertiary/aromatic N) is 1. The van der Waals surface area contributed by atoms with Crippen molar-refractivity contribution in [2.45, 2.75) is 32.2 Å². The molecule has 0 bridgehead atoms. The summed E-state index contributed by atoms with van der Waals surface area (Å²) < 4.78 is 42.3. The number of benzene rings is 2. The number of hydrogen-bond acceptors (Lipinski definition) is 3. The van der Waals surface area contributed by atoms with Crippen LogP contribution in [-0.4, -0.2) is 23.7 Å². The lowest BCUT2D eigenvalue weighted by Crippen LogP contribution is -2.44. The van der Waals surface area contributed by atoms with Crippen molar-refractivity contribution in [1.29, 1.82) is 0 Å². The topological polar surface area (TPSA) is 33.6 Å². The average molecular weight is 406 g/mol. The number of halogens is 3. The van der Waals surface area contributed by atoms with Gasteiger partial charge in [-0.1, -0.05) is 36.4 Å². The van der Waals surface area contributed by atoms with Gasteiger partial charge in [0.1, 0.15) is 11.6 Å². The van der Waals surface area contributed by atoms with Gasteiger partial charge in [0.05, 0.1) is 6.54 Å². The summed E-state index contributed by atoms with van der Waals surface area (Å²) in [6.07, 6.45) is -1.78. The fraction of sp³-hybridized carbons (Fsp3) is 0.381. The van der Waals surface area contributed by atoms with Crippen molar-refractivity contribution in [1.82, 2.24) is 0 Å². The van der Waals surface area contributed by atoms with Crippen LogP contribution in [0.4, 0.5) is 18.9 Å². The van der Waals surface area contributed by atoms with Gasteiger partial charge in [0, 0.05) is 16.7 Å². The number of alkyl halides is 3. The van der Waals surface area contributed by atoms with Gasteiger partial charge < -0.3 is 10.1 Å². The van der Waals surface area contributed by atoms with Gasteiger partial charge in [-0.3, -0.25) is 4.99 Å². The van der Waals surface area contributed by atoms with E-state index in [1.807, 2.05) is 30.0 Å². The normalized spacial score (nSPS) is 19.9. The van der Waals surface area contributed by atoms with E-state index in [4.69, 9.17) is 4.99 Å². The van der Waals surface area contributed by atoms with Crippen molar-refractivity contribution in [2.24, 2.45) is 10.4 Å². The van der Waals surface area contributed by atoms with Crippen molar-refractivity contribution in [2.75, 3.05) is 16.8 Å². The van der Waals surface area contributed by atoms with Crippen LogP contribution in [-0.2, 0) is 13.0 Å². The van der Waals surface area contributed by atoms with Crippen LogP contribution >= 0.6 is 11.8 Å². The van der Waals surface area contributed by atoms with E-state index < -0.39 is 6.36 Å². The molecule has 148 valence electrons. The van der Waals surface area contributed by atoms with E-state index in [1.54, 1.807) is 12.1 Å². The maximum atomic E-state index is 12.7. The van der Waals surface area contributed by atoms with Crippen molar-refractivity contribution >= 4 is 23.3 Å². The molecule has 1 N–H and O–H groups in total. The minimum atomic E-state index is -4.72. The van der Waals surface area contributed by atoms with Gasteiger partial charge in [0.15, 0.2) is 0 Å². The van der Waals surface area contributed by atoms with E-state index in [0.717, 1.165) is 42.3 Å². The zero-order valence-corrected chi connectivity index (χ0v) is 16.1. The summed E-state index contributed by atoms with van der Waals surface area (Å²) >= 11 is 1.94. The Morgan fingerprint density at radius 3 is 2.54 bits per heavy atom. The number of anilines is 1. The third-order valence-electron chi connectivity index (χ3n) is 5.36. The maximum Gasteiger partial charge on any atom is 0.573 e. The lowest BCUT2D eigenvalue weighted by atomic mass is 9.73. The molecule has 2 aromatic rings. The summed E-state index contributed by atoms with van der Waals surface area (Å²) in [4.78, 5) is 4.77. The molecule has 0 aromatic heterocycles. The second-order valence-electron chi connectivity index (χ2n) is 7.17. The zero-order valence-electron chi connectivity index (χ0n) is 15.3. The fourth-order valence-corrected chi connectivity index (χ4v) is 5.18. The van der Waals surface area contributed by atoms with Gasteiger partial charge in [-0.25, -0.2) is 0 Å². The monoisotopic (exact) mass is 406 g/mol. The van der Waals surface area contributed by atoms with Crippen LogP contribution in [0.1, 0.15) is 24.0 Å². The van der Waals surface area contributed by atoms with E-state index in [0.29, 0.717) is 5.56 Å². The first-order valence-electron chi connectivity index (χ1n) is 9.26. The van der Waals surface area contributed by atoms with Crippen LogP contribution in [0.15, 0.2) is 53.5 Å². The summed E-state index contributed by atoms with van der Waals surface area (Å²) in [6.45, 7) is 0.144. The first-order chi connectivity index (χ1) is 13.5. The third-order valence-corrected chi connectivity index (χ3v) is 6.34. The molecule has 3 nitrogen and oxygen atoms in total. The number of para-hydroxylation sites is 2. The molecule has 1 fully saturated rings. The largest absolute Gasteiger partial charge is 0.573 e. The van der Waals surface area contributed by atoms with Crippen LogP contribution in [0.3, 0.4) is 0 Å². The van der Waals surface area contributed by atoms with Crippen LogP contribution in [0.25, 0.3) is 0 Å². The molecule has 0 atom stereocenters. The summed E-state index contributed by atoms with van der Waals surface area (Å²) in [7, 11) is 0. The highest BCUT2D eigenvalue weighted by molar-refractivity contribution is 7.99. The average Bonchev–Trinajstić information content (AvgIpc) is 2.67. The SMILES string of the molecule is FC(F)(F)Oc1ccccc1CN=C1Nc2ccccc2CC12CCSCC2. The Labute approximate surface area is 166 Å². The molecule has 28 heavy (non-hydrogen) atoms. The van der Waals surface area contributed by atoms with Crippen LogP contribution in [0.5, 0.6) is 5.75 Å². The van der Waals surface area contributed by atoms with E-state index in [1.165, 1.54) is 17.7 Å². The van der Waals surface area contributed by atoms with Crippen LogP contribution in [0, 0.1) is 5.41 Å². The molecule has 1 spiro atoms. The van der Waals surface area contributed by atoms with Gasteiger partial charge in [-0.2, -0.15) is 11.8 Å². The zero-order chi connectivity index (χ0) is 19.6. The predicted octanol–water partition coefficient (Wildman–Crippen LogP) is 5.67. The summed E-state index contributed by atoms with van der Waals surface area (Å²) in [5, 5.41) is 3.47. The Morgan fingerprint density at radius 2 is 1.75 bits per heavy atom. The molecule has 0 amide bonds. The number of thioether (sulfide) groups is 1. The Balaban J connectivity index is 1.64. The minimum Gasteiger partial charge on any atom is -0.405 e. The van der Waals surface area contributed by atoms with Crippen LogP contribution < -0.4 is 10.1 Å². The number of fused-ring (bicyclic) bond motifs is 1. The molecule has 0 saturated carbocycles. The van der Waals surface area contributed by atoms with Gasteiger partial charge in [0.25, 0.3) is 0 Å². The number of aliphatic imine (C=N–C) groups is 1. The molecular weight excluding hydrogens is 385 g/mol. The van der Waals surface area contributed by atoms with Crippen molar-refractivity contribution in [3.8, 4) is 5.75 Å². The Kier molecular flexibility index (Phi) is 5.27. The molecule has 2 aliphatic heterocycles. The second-order valence-corrected chi connectivity index (χ2v) is 8.40. The molecule has 2 aliphatic rings. The fourth-order valence-electron chi connectivity index (χ4n) is 3.91. The van der Waals surface area contributed by atoms with Gasteiger partial charge >= 0.3 is 6.36 Å². The van der Waals surface area contributed by atoms with Gasteiger partial charge in [-0.15, -0.1) is 13.2 Å². The van der Waals surface area contributed by atoms with Crippen molar-refractivity contribution in [3.63, 3.8) is 0 Å². The Hall–Kier alpha value is -2.15. The highest BCUT2D eigenvalue weighted by Crippen LogP contribution is 2.44. The number of amidine groups is 1. The first-order valence-corrected chi connectivity index (χ1v) is 10.4. The van der Waals surface area contributed by atoms with Crippen molar-refractivity contribution in [3.05, 3.63) is 59.7 Å². The molecule has 2 aromatic carbocycles. The van der Waals surface area contributed by atoms with E-state index >= 15 is 0 Å². The second kappa shape index (κ2) is 7.70. The number of ether oxygens (including phenoxy) is 1. The van der Waals surface area contributed by atoms with Crippen LogP contribution in [0.2, 0.25) is 0 Å². The smallest absolute Gasteiger partial charge is 0.405 e. The third kappa shape index (κ3) is 4.14. The number of rotatable bonds is 3. The Bertz CT molecular complexity index is 876. The highest BCUT2D eigenvalue weighted by atomic mass is 32.2. The lowest BCUT2D eigenvalue weighted by Gasteiger charge is -2.42. The number of nitrogens with one attached hydrogen (secondary N) is 1.